The van der Waals surface area contributed by atoms with Crippen LogP contribution in [0, 0.1) is 7.14 Å². The molecule has 0 fully saturated rings. The van der Waals surface area contributed by atoms with Gasteiger partial charge in [0.05, 0.1) is 0 Å². The maximum atomic E-state index is 11.7. The number of benzene rings is 2. The molecule has 170 valence electrons. The van der Waals surface area contributed by atoms with Gasteiger partial charge in [0.1, 0.15) is 0 Å². The van der Waals surface area contributed by atoms with Crippen LogP contribution in [0.3, 0.4) is 0 Å². The van der Waals surface area contributed by atoms with Crippen molar-refractivity contribution in [3.63, 3.8) is 0 Å². The van der Waals surface area contributed by atoms with E-state index in [1.165, 1.54) is 7.14 Å². The summed E-state index contributed by atoms with van der Waals surface area (Å²) in [5, 5.41) is 0. The molecule has 0 saturated carbocycles. The Balaban J connectivity index is 1.82. The summed E-state index contributed by atoms with van der Waals surface area (Å²) in [6, 6.07) is 15.6. The quantitative estimate of drug-likeness (QED) is 0.160. The molecule has 0 heterocycles. The van der Waals surface area contributed by atoms with Crippen LogP contribution in [-0.4, -0.2) is 23.8 Å². The van der Waals surface area contributed by atoms with Crippen LogP contribution in [-0.2, 0) is 19.3 Å². The summed E-state index contributed by atoms with van der Waals surface area (Å²) in [5.74, 6) is 0.961. The van der Waals surface area contributed by atoms with Gasteiger partial charge in [0.2, 0.25) is 0 Å². The van der Waals surface area contributed by atoms with Gasteiger partial charge in [0.15, 0.2) is 0 Å². The van der Waals surface area contributed by atoms with Gasteiger partial charge >= 0.3 is 195 Å². The van der Waals surface area contributed by atoms with Gasteiger partial charge in [-0.2, -0.15) is 0 Å². The first kappa shape index (κ1) is 25.0. The molecule has 6 nitrogen and oxygen atoms in total. The monoisotopic (exact) mass is 541 g/mol. The second-order valence-electron chi connectivity index (χ2n) is 8.63. The van der Waals surface area contributed by atoms with Crippen LogP contribution in [0.15, 0.2) is 61.1 Å². The van der Waals surface area contributed by atoms with Crippen molar-refractivity contribution in [2.75, 3.05) is 6.61 Å². The number of hydrogen-bond donors (Lipinski definition) is 0. The van der Waals surface area contributed by atoms with Crippen molar-refractivity contribution in [2.24, 2.45) is 0 Å². The molecule has 0 aromatic heterocycles. The van der Waals surface area contributed by atoms with Gasteiger partial charge in [0.25, 0.3) is 0 Å². The SMILES string of the molecule is C=C(OOC(C)(C)C)Oc1ccc([I-]c2ccc(OCC(=O)OC(C)(C)C)cc2)cc1. The summed E-state index contributed by atoms with van der Waals surface area (Å²) in [5.41, 5.74) is -0.966. The number of carbonyl (C=O) groups is 1. The van der Waals surface area contributed by atoms with E-state index in [-0.39, 0.29) is 39.7 Å². The van der Waals surface area contributed by atoms with Gasteiger partial charge < -0.3 is 0 Å². The normalized spacial score (nSPS) is 11.7. The third kappa shape index (κ3) is 10.5. The molecule has 0 radical (unpaired) electrons. The Morgan fingerprint density at radius 1 is 0.839 bits per heavy atom. The van der Waals surface area contributed by atoms with Crippen molar-refractivity contribution >= 4 is 5.97 Å². The van der Waals surface area contributed by atoms with Gasteiger partial charge in [-0.3, -0.25) is 0 Å². The Hall–Kier alpha value is -2.26. The molecular formula is C24H30IO6-. The molecule has 2 aromatic rings. The summed E-state index contributed by atoms with van der Waals surface area (Å²) >= 11 is -0.363. The van der Waals surface area contributed by atoms with Crippen LogP contribution >= 0.6 is 0 Å². The molecule has 0 atom stereocenters. The predicted octanol–water partition coefficient (Wildman–Crippen LogP) is 2.13. The first-order valence-electron chi connectivity index (χ1n) is 9.82. The molecule has 0 aliphatic rings. The van der Waals surface area contributed by atoms with Crippen molar-refractivity contribution in [3.05, 3.63) is 68.2 Å². The molecule has 0 amide bonds. The van der Waals surface area contributed by atoms with Crippen molar-refractivity contribution in [1.82, 2.24) is 0 Å². The van der Waals surface area contributed by atoms with Gasteiger partial charge in [-0.15, -0.1) is 0 Å². The standard InChI is InChI=1S/C24H30IO6/c1-17(30-31-24(5,6)7)28-21-14-10-19(11-15-21)25-18-8-12-20(13-9-18)27-16-22(26)29-23(2,3)4/h8-15H,1,16H2,2-7H3/q-1. The Morgan fingerprint density at radius 3 is 1.84 bits per heavy atom. The molecule has 31 heavy (non-hydrogen) atoms. The summed E-state index contributed by atoms with van der Waals surface area (Å²) in [7, 11) is 0. The number of hydrogen-bond acceptors (Lipinski definition) is 6. The third-order valence-corrected chi connectivity index (χ3v) is 5.92. The number of halogens is 1. The molecule has 0 bridgehead atoms. The van der Waals surface area contributed by atoms with Crippen LogP contribution in [0.5, 0.6) is 11.5 Å². The first-order valence-corrected chi connectivity index (χ1v) is 12.0. The van der Waals surface area contributed by atoms with E-state index in [2.05, 4.69) is 6.58 Å². The summed E-state index contributed by atoms with van der Waals surface area (Å²) < 4.78 is 18.7. The predicted molar refractivity (Wildman–Crippen MR) is 113 cm³/mol. The van der Waals surface area contributed by atoms with Crippen LogP contribution in [0.4, 0.5) is 0 Å². The number of carbonyl (C=O) groups excluding carboxylic acids is 1. The van der Waals surface area contributed by atoms with Gasteiger partial charge in [0, 0.05) is 0 Å². The minimum atomic E-state index is -0.518. The average Bonchev–Trinajstić information content (AvgIpc) is 2.65. The van der Waals surface area contributed by atoms with E-state index < -0.39 is 11.2 Å². The van der Waals surface area contributed by atoms with Crippen molar-refractivity contribution in [2.45, 2.75) is 52.7 Å². The molecule has 0 saturated heterocycles. The Labute approximate surface area is 194 Å². The van der Waals surface area contributed by atoms with E-state index in [4.69, 9.17) is 24.0 Å². The van der Waals surface area contributed by atoms with E-state index in [0.717, 1.165) is 0 Å². The van der Waals surface area contributed by atoms with E-state index in [1.54, 1.807) is 0 Å². The first-order chi connectivity index (χ1) is 14.4. The molecule has 0 aliphatic heterocycles. The molecular weight excluding hydrogens is 511 g/mol. The summed E-state index contributed by atoms with van der Waals surface area (Å²) in [6.07, 6.45) is 0. The zero-order chi connectivity index (χ0) is 23.1. The maximum absolute atomic E-state index is 11.7. The van der Waals surface area contributed by atoms with Crippen LogP contribution in [0.1, 0.15) is 41.5 Å². The Bertz CT molecular complexity index is 861. The third-order valence-electron chi connectivity index (χ3n) is 3.24. The van der Waals surface area contributed by atoms with Gasteiger partial charge in [-0.05, 0) is 0 Å². The molecule has 7 heteroatoms. The van der Waals surface area contributed by atoms with Crippen LogP contribution in [0.2, 0.25) is 0 Å². The average molecular weight is 541 g/mol. The van der Waals surface area contributed by atoms with Gasteiger partial charge in [-0.25, -0.2) is 0 Å². The molecule has 0 N–H and O–H groups in total. The second kappa shape index (κ2) is 10.9. The summed E-state index contributed by atoms with van der Waals surface area (Å²) in [4.78, 5) is 22.0. The van der Waals surface area contributed by atoms with Crippen molar-refractivity contribution in [3.8, 4) is 11.5 Å². The minimum absolute atomic E-state index is 0.0827. The fourth-order valence-electron chi connectivity index (χ4n) is 2.12. The van der Waals surface area contributed by atoms with E-state index in [1.807, 2.05) is 90.1 Å². The molecule has 2 aromatic carbocycles. The molecule has 0 spiro atoms. The van der Waals surface area contributed by atoms with E-state index in [9.17, 15) is 4.79 Å². The number of rotatable bonds is 9. The van der Waals surface area contributed by atoms with E-state index >= 15 is 0 Å². The van der Waals surface area contributed by atoms with Crippen LogP contribution in [0.25, 0.3) is 0 Å². The van der Waals surface area contributed by atoms with Crippen LogP contribution < -0.4 is 30.7 Å². The fourth-order valence-corrected chi connectivity index (χ4v) is 4.28. The summed E-state index contributed by atoms with van der Waals surface area (Å²) in [6.45, 7) is 14.7. The van der Waals surface area contributed by atoms with Crippen molar-refractivity contribution < 1.29 is 50.0 Å². The number of ether oxygens (including phenoxy) is 3. The van der Waals surface area contributed by atoms with Gasteiger partial charge in [-0.1, -0.05) is 0 Å². The second-order valence-corrected chi connectivity index (χ2v) is 11.7. The van der Waals surface area contributed by atoms with E-state index in [0.29, 0.717) is 11.5 Å². The molecule has 2 rings (SSSR count). The Morgan fingerprint density at radius 2 is 1.35 bits per heavy atom. The zero-order valence-corrected chi connectivity index (χ0v) is 21.0. The Kier molecular flexibility index (Phi) is 8.76. The molecule has 0 unspecified atom stereocenters. The fraction of sp³-hybridized carbons (Fsp3) is 0.375. The van der Waals surface area contributed by atoms with Crippen molar-refractivity contribution in [1.29, 1.82) is 0 Å². The number of esters is 1. The zero-order valence-electron chi connectivity index (χ0n) is 18.9. The molecule has 0 aliphatic carbocycles. The topological polar surface area (TPSA) is 63.2 Å².